The Bertz CT molecular complexity index is 1060. The highest BCUT2D eigenvalue weighted by Crippen LogP contribution is 2.29. The quantitative estimate of drug-likeness (QED) is 0.608. The summed E-state index contributed by atoms with van der Waals surface area (Å²) in [4.78, 5) is 14.6. The minimum atomic E-state index is -4.42. The van der Waals surface area contributed by atoms with Crippen molar-refractivity contribution in [2.45, 2.75) is 25.1 Å². The van der Waals surface area contributed by atoms with E-state index >= 15 is 0 Å². The molecule has 168 valence electrons. The summed E-state index contributed by atoms with van der Waals surface area (Å²) in [6.07, 6.45) is -2.77. The molecule has 0 saturated carbocycles. The molecule has 2 N–H and O–H groups in total. The number of rotatable bonds is 5. The van der Waals surface area contributed by atoms with Gasteiger partial charge in [-0.3, -0.25) is 9.89 Å². The molecule has 2 aromatic carbocycles. The zero-order chi connectivity index (χ0) is 22.7. The van der Waals surface area contributed by atoms with Gasteiger partial charge in [-0.25, -0.2) is 0 Å². The van der Waals surface area contributed by atoms with E-state index in [0.717, 1.165) is 54.3 Å². The third-order valence-corrected chi connectivity index (χ3v) is 5.52. The summed E-state index contributed by atoms with van der Waals surface area (Å²) in [6, 6.07) is 13.7. The van der Waals surface area contributed by atoms with Gasteiger partial charge in [-0.05, 0) is 66.9 Å². The maximum Gasteiger partial charge on any atom is 0.416 e. The second-order valence-corrected chi connectivity index (χ2v) is 7.70. The van der Waals surface area contributed by atoms with Crippen molar-refractivity contribution in [2.24, 2.45) is 0 Å². The lowest BCUT2D eigenvalue weighted by Crippen LogP contribution is -2.48. The Labute approximate surface area is 183 Å². The summed E-state index contributed by atoms with van der Waals surface area (Å²) in [7, 11) is 1.62. The van der Waals surface area contributed by atoms with Crippen LogP contribution in [0.1, 0.15) is 28.8 Å². The molecule has 4 rings (SSSR count). The van der Waals surface area contributed by atoms with Crippen molar-refractivity contribution in [2.75, 3.05) is 25.1 Å². The van der Waals surface area contributed by atoms with Gasteiger partial charge in [0.1, 0.15) is 5.75 Å². The van der Waals surface area contributed by atoms with E-state index in [2.05, 4.69) is 20.4 Å². The first-order valence-electron chi connectivity index (χ1n) is 10.3. The number of hydrogen-bond donors (Lipinski definition) is 2. The Morgan fingerprint density at radius 3 is 2.53 bits per heavy atom. The first-order chi connectivity index (χ1) is 15.3. The van der Waals surface area contributed by atoms with E-state index in [9.17, 15) is 18.0 Å². The molecule has 1 aliphatic heterocycles. The molecule has 1 aromatic heterocycles. The summed E-state index contributed by atoms with van der Waals surface area (Å²) in [5.74, 6) is 1.17. The highest BCUT2D eigenvalue weighted by Gasteiger charge is 2.30. The normalized spacial score (nSPS) is 16.6. The number of benzene rings is 2. The van der Waals surface area contributed by atoms with Gasteiger partial charge >= 0.3 is 6.18 Å². The number of ether oxygens (including phenoxy) is 1. The molecule has 1 atom stereocenters. The number of alkyl halides is 3. The number of piperidine rings is 1. The lowest BCUT2D eigenvalue weighted by Gasteiger charge is -2.33. The summed E-state index contributed by atoms with van der Waals surface area (Å²) < 4.78 is 43.3. The number of nitrogens with zero attached hydrogens (tertiary/aromatic N) is 2. The average Bonchev–Trinajstić information content (AvgIpc) is 3.29. The lowest BCUT2D eigenvalue weighted by molar-refractivity contribution is -0.137. The number of halogens is 3. The molecule has 1 aliphatic rings. The summed E-state index contributed by atoms with van der Waals surface area (Å²) in [5, 5.41) is 10.4. The first kappa shape index (κ1) is 21.7. The molecule has 0 aliphatic carbocycles. The van der Waals surface area contributed by atoms with E-state index in [1.165, 1.54) is 12.1 Å². The summed E-state index contributed by atoms with van der Waals surface area (Å²) in [6.45, 7) is 1.37. The van der Waals surface area contributed by atoms with Gasteiger partial charge in [0.25, 0.3) is 5.91 Å². The number of methoxy groups -OCH3 is 1. The van der Waals surface area contributed by atoms with Crippen molar-refractivity contribution < 1.29 is 22.7 Å². The zero-order valence-electron chi connectivity index (χ0n) is 17.4. The lowest BCUT2D eigenvalue weighted by atomic mass is 10.0. The third kappa shape index (κ3) is 4.87. The molecule has 1 saturated heterocycles. The van der Waals surface area contributed by atoms with E-state index in [4.69, 9.17) is 4.74 Å². The molecule has 32 heavy (non-hydrogen) atoms. The van der Waals surface area contributed by atoms with Crippen molar-refractivity contribution in [1.82, 2.24) is 15.5 Å². The number of nitrogens with one attached hydrogen (secondary N) is 2. The van der Waals surface area contributed by atoms with Gasteiger partial charge in [-0.2, -0.15) is 18.3 Å². The van der Waals surface area contributed by atoms with Crippen LogP contribution in [0.15, 0.2) is 54.6 Å². The van der Waals surface area contributed by atoms with Crippen molar-refractivity contribution in [1.29, 1.82) is 0 Å². The molecule has 1 fully saturated rings. The van der Waals surface area contributed by atoms with Gasteiger partial charge in [-0.1, -0.05) is 0 Å². The number of aromatic nitrogens is 2. The minimum Gasteiger partial charge on any atom is -0.497 e. The number of carbonyl (C=O) groups excluding carboxylic acids is 1. The second kappa shape index (κ2) is 8.94. The molecule has 0 bridgehead atoms. The number of carbonyl (C=O) groups is 1. The highest BCUT2D eigenvalue weighted by molar-refractivity contribution is 5.94. The average molecular weight is 444 g/mol. The minimum absolute atomic E-state index is 0.125. The van der Waals surface area contributed by atoms with Gasteiger partial charge in [0.05, 0.1) is 18.4 Å². The molecule has 6 nitrogen and oxygen atoms in total. The maximum absolute atomic E-state index is 12.7. The summed E-state index contributed by atoms with van der Waals surface area (Å²) >= 11 is 0. The van der Waals surface area contributed by atoms with Crippen LogP contribution < -0.4 is 15.0 Å². The van der Waals surface area contributed by atoms with E-state index in [0.29, 0.717) is 6.54 Å². The van der Waals surface area contributed by atoms with Crippen molar-refractivity contribution in [3.05, 3.63) is 65.7 Å². The predicted octanol–water partition coefficient (Wildman–Crippen LogP) is 4.50. The molecule has 9 heteroatoms. The van der Waals surface area contributed by atoms with Crippen LogP contribution in [0.4, 0.5) is 19.0 Å². The van der Waals surface area contributed by atoms with Crippen LogP contribution >= 0.6 is 0 Å². The largest absolute Gasteiger partial charge is 0.497 e. The van der Waals surface area contributed by atoms with Crippen molar-refractivity contribution in [3.8, 4) is 17.0 Å². The highest BCUT2D eigenvalue weighted by atomic mass is 19.4. The molecule has 0 spiro atoms. The Morgan fingerprint density at radius 1 is 1.16 bits per heavy atom. The number of anilines is 1. The molecule has 0 radical (unpaired) electrons. The van der Waals surface area contributed by atoms with Crippen LogP contribution in [0.2, 0.25) is 0 Å². The molecular formula is C23H23F3N4O2. The Kier molecular flexibility index (Phi) is 6.07. The van der Waals surface area contributed by atoms with Crippen molar-refractivity contribution in [3.63, 3.8) is 0 Å². The monoisotopic (exact) mass is 444 g/mol. The maximum atomic E-state index is 12.7. The third-order valence-electron chi connectivity index (χ3n) is 5.52. The predicted molar refractivity (Wildman–Crippen MR) is 115 cm³/mol. The van der Waals surface area contributed by atoms with E-state index in [-0.39, 0.29) is 17.5 Å². The van der Waals surface area contributed by atoms with E-state index in [1.807, 2.05) is 30.3 Å². The fourth-order valence-corrected chi connectivity index (χ4v) is 3.77. The van der Waals surface area contributed by atoms with Crippen LogP contribution in [0.3, 0.4) is 0 Å². The van der Waals surface area contributed by atoms with Crippen LogP contribution in [-0.2, 0) is 6.18 Å². The topological polar surface area (TPSA) is 70.2 Å². The fourth-order valence-electron chi connectivity index (χ4n) is 3.77. The molecule has 3 aromatic rings. The standard InChI is InChI=1S/C23H23F3N4O2/c1-32-19-10-6-15(7-11-19)20-13-21(29-28-20)30-12-2-3-18(14-30)27-22(31)16-4-8-17(9-5-16)23(24,25)26/h4-11,13,18H,2-3,12,14H2,1H3,(H,27,31)(H,28,29)/t18-/m1/s1. The number of hydrogen-bond acceptors (Lipinski definition) is 4. The number of amides is 1. The number of aromatic amines is 1. The van der Waals surface area contributed by atoms with E-state index < -0.39 is 11.7 Å². The smallest absolute Gasteiger partial charge is 0.416 e. The SMILES string of the molecule is COc1ccc(-c2cc(N3CCC[C@@H](NC(=O)c4ccc(C(F)(F)F)cc4)C3)n[nH]2)cc1. The van der Waals surface area contributed by atoms with Gasteiger partial charge in [0, 0.05) is 30.8 Å². The Morgan fingerprint density at radius 2 is 1.88 bits per heavy atom. The second-order valence-electron chi connectivity index (χ2n) is 7.70. The van der Waals surface area contributed by atoms with Crippen LogP contribution in [0.5, 0.6) is 5.75 Å². The van der Waals surface area contributed by atoms with Gasteiger partial charge in [-0.15, -0.1) is 0 Å². The van der Waals surface area contributed by atoms with E-state index in [1.54, 1.807) is 7.11 Å². The Hall–Kier alpha value is -3.49. The van der Waals surface area contributed by atoms with Crippen LogP contribution in [0.25, 0.3) is 11.3 Å². The molecule has 0 unspecified atom stereocenters. The van der Waals surface area contributed by atoms with Gasteiger partial charge in [0.2, 0.25) is 0 Å². The van der Waals surface area contributed by atoms with Gasteiger partial charge in [0.15, 0.2) is 5.82 Å². The first-order valence-corrected chi connectivity index (χ1v) is 10.3. The zero-order valence-corrected chi connectivity index (χ0v) is 17.4. The molecule has 1 amide bonds. The molecule has 2 heterocycles. The van der Waals surface area contributed by atoms with Crippen LogP contribution in [-0.4, -0.2) is 42.3 Å². The fraction of sp³-hybridized carbons (Fsp3) is 0.304. The summed E-state index contributed by atoms with van der Waals surface area (Å²) in [5.41, 5.74) is 1.29. The number of H-pyrrole nitrogens is 1. The van der Waals surface area contributed by atoms with Gasteiger partial charge < -0.3 is 15.0 Å². The van der Waals surface area contributed by atoms with Crippen molar-refractivity contribution >= 4 is 11.7 Å². The Balaban J connectivity index is 1.39. The van der Waals surface area contributed by atoms with Crippen LogP contribution in [0, 0.1) is 0 Å². The molecular weight excluding hydrogens is 421 g/mol.